The van der Waals surface area contributed by atoms with E-state index in [0.717, 1.165) is 0 Å². The lowest BCUT2D eigenvalue weighted by Crippen LogP contribution is -2.10. The zero-order chi connectivity index (χ0) is 8.27. The first-order chi connectivity index (χ1) is 5.24. The van der Waals surface area contributed by atoms with Crippen LogP contribution < -0.4 is 11.2 Å². The van der Waals surface area contributed by atoms with E-state index >= 15 is 0 Å². The third-order valence-corrected chi connectivity index (χ3v) is 1.33. The van der Waals surface area contributed by atoms with E-state index < -0.39 is 0 Å². The maximum absolute atomic E-state index is 8.43. The summed E-state index contributed by atoms with van der Waals surface area (Å²) < 4.78 is 0. The average Bonchev–Trinajstić information content (AvgIpc) is 2.05. The van der Waals surface area contributed by atoms with Gasteiger partial charge in [-0.15, -0.1) is 0 Å². The fourth-order valence-electron chi connectivity index (χ4n) is 0.724. The summed E-state index contributed by atoms with van der Waals surface area (Å²) in [6, 6.07) is 6.58. The van der Waals surface area contributed by atoms with Gasteiger partial charge in [-0.05, 0) is 24.3 Å². The van der Waals surface area contributed by atoms with Gasteiger partial charge in [-0.3, -0.25) is 16.1 Å². The minimum atomic E-state index is 0.0227. The maximum Gasteiger partial charge on any atom is 0.122 e. The Kier molecular flexibility index (Phi) is 2.08. The highest BCUT2D eigenvalue weighted by Gasteiger charge is 1.94. The molecule has 0 aliphatic carbocycles. The summed E-state index contributed by atoms with van der Waals surface area (Å²) in [5, 5.41) is 15.5. The summed E-state index contributed by atoms with van der Waals surface area (Å²) in [5.74, 6) is 0.0227. The van der Waals surface area contributed by atoms with Gasteiger partial charge >= 0.3 is 0 Å². The molecule has 58 valence electrons. The van der Waals surface area contributed by atoms with E-state index in [0.29, 0.717) is 11.3 Å². The fourth-order valence-corrected chi connectivity index (χ4v) is 0.724. The summed E-state index contributed by atoms with van der Waals surface area (Å²) >= 11 is 0. The number of nitrogens with one attached hydrogen (secondary N) is 2. The van der Waals surface area contributed by atoms with E-state index in [9.17, 15) is 0 Å². The van der Waals surface area contributed by atoms with Crippen molar-refractivity contribution < 1.29 is 5.21 Å². The average molecular weight is 151 g/mol. The van der Waals surface area contributed by atoms with Crippen molar-refractivity contribution in [3.63, 3.8) is 0 Å². The number of hydrogen-bond donors (Lipinski definition) is 4. The highest BCUT2D eigenvalue weighted by Crippen LogP contribution is 2.07. The van der Waals surface area contributed by atoms with Gasteiger partial charge in [-0.1, -0.05) is 0 Å². The van der Waals surface area contributed by atoms with Crippen molar-refractivity contribution >= 4 is 11.5 Å². The van der Waals surface area contributed by atoms with Gasteiger partial charge in [0.25, 0.3) is 0 Å². The zero-order valence-electron chi connectivity index (χ0n) is 5.83. The maximum atomic E-state index is 8.43. The van der Waals surface area contributed by atoms with Gasteiger partial charge in [0.15, 0.2) is 0 Å². The number of benzene rings is 1. The third kappa shape index (κ3) is 1.68. The van der Waals surface area contributed by atoms with Gasteiger partial charge in [-0.25, -0.2) is 0 Å². The molecule has 1 aromatic rings. The second-order valence-electron chi connectivity index (χ2n) is 2.10. The Hall–Kier alpha value is -1.55. The molecule has 0 aromatic heterocycles. The van der Waals surface area contributed by atoms with Crippen LogP contribution >= 0.6 is 0 Å². The lowest BCUT2D eigenvalue weighted by Gasteiger charge is -1.99. The van der Waals surface area contributed by atoms with Crippen LogP contribution in [0, 0.1) is 5.41 Å². The number of nitrogens with two attached hydrogens (primary N) is 1. The molecule has 11 heavy (non-hydrogen) atoms. The van der Waals surface area contributed by atoms with Crippen molar-refractivity contribution in [3.8, 4) is 0 Å². The topological polar surface area (TPSA) is 82.1 Å². The minimum Gasteiger partial charge on any atom is -0.384 e. The van der Waals surface area contributed by atoms with Crippen LogP contribution in [0.2, 0.25) is 0 Å². The van der Waals surface area contributed by atoms with E-state index in [1.807, 2.05) is 5.48 Å². The molecule has 0 fully saturated rings. The Morgan fingerprint density at radius 2 is 1.91 bits per heavy atom. The SMILES string of the molecule is N=C(N)c1ccc(NO)cc1. The number of amidine groups is 1. The van der Waals surface area contributed by atoms with E-state index in [1.54, 1.807) is 24.3 Å². The molecular formula is C7H9N3O. The van der Waals surface area contributed by atoms with Crippen LogP contribution in [0.5, 0.6) is 0 Å². The minimum absolute atomic E-state index is 0.0227. The first-order valence-corrected chi connectivity index (χ1v) is 3.08. The summed E-state index contributed by atoms with van der Waals surface area (Å²) in [5.41, 5.74) is 8.41. The molecule has 0 bridgehead atoms. The van der Waals surface area contributed by atoms with Gasteiger partial charge < -0.3 is 5.73 Å². The quantitative estimate of drug-likeness (QED) is 0.286. The second kappa shape index (κ2) is 3.03. The van der Waals surface area contributed by atoms with Crippen molar-refractivity contribution in [2.75, 3.05) is 5.48 Å². The molecule has 0 saturated heterocycles. The fraction of sp³-hybridized carbons (Fsp3) is 0. The lowest BCUT2D eigenvalue weighted by molar-refractivity contribution is 0.389. The normalized spacial score (nSPS) is 9.18. The summed E-state index contributed by atoms with van der Waals surface area (Å²) in [6.45, 7) is 0. The molecule has 4 heteroatoms. The highest BCUT2D eigenvalue weighted by molar-refractivity contribution is 5.95. The van der Waals surface area contributed by atoms with Gasteiger partial charge in [0.1, 0.15) is 5.84 Å². The van der Waals surface area contributed by atoms with Crippen molar-refractivity contribution in [1.29, 1.82) is 5.41 Å². The van der Waals surface area contributed by atoms with Crippen molar-refractivity contribution in [2.45, 2.75) is 0 Å². The molecule has 0 aliphatic rings. The molecule has 0 spiro atoms. The molecule has 0 unspecified atom stereocenters. The molecule has 0 amide bonds. The Morgan fingerprint density at radius 3 is 2.27 bits per heavy atom. The van der Waals surface area contributed by atoms with Crippen molar-refractivity contribution in [3.05, 3.63) is 29.8 Å². The summed E-state index contributed by atoms with van der Waals surface area (Å²) in [4.78, 5) is 0. The van der Waals surface area contributed by atoms with E-state index in [1.165, 1.54) is 0 Å². The molecular weight excluding hydrogens is 142 g/mol. The van der Waals surface area contributed by atoms with Crippen LogP contribution in [-0.2, 0) is 0 Å². The lowest BCUT2D eigenvalue weighted by atomic mass is 10.2. The Balaban J connectivity index is 2.91. The predicted molar refractivity (Wildman–Crippen MR) is 42.9 cm³/mol. The molecule has 0 atom stereocenters. The van der Waals surface area contributed by atoms with Gasteiger partial charge in [-0.2, -0.15) is 0 Å². The van der Waals surface area contributed by atoms with Crippen LogP contribution in [0.1, 0.15) is 5.56 Å². The first-order valence-electron chi connectivity index (χ1n) is 3.08. The standard InChI is InChI=1S/C7H9N3O/c8-7(9)5-1-3-6(10-11)4-2-5/h1-4,10-11H,(H3,8,9). The molecule has 0 heterocycles. The summed E-state index contributed by atoms with van der Waals surface area (Å²) in [6.07, 6.45) is 0. The Bertz CT molecular complexity index is 255. The molecule has 0 aliphatic heterocycles. The van der Waals surface area contributed by atoms with Crippen LogP contribution in [0.15, 0.2) is 24.3 Å². The van der Waals surface area contributed by atoms with Crippen LogP contribution in [0.3, 0.4) is 0 Å². The van der Waals surface area contributed by atoms with Gasteiger partial charge in [0.05, 0.1) is 5.69 Å². The number of rotatable bonds is 2. The number of anilines is 1. The molecule has 4 nitrogen and oxygen atoms in total. The molecule has 0 radical (unpaired) electrons. The molecule has 1 aromatic carbocycles. The molecule has 1 rings (SSSR count). The van der Waals surface area contributed by atoms with Crippen LogP contribution in [0.4, 0.5) is 5.69 Å². The second-order valence-corrected chi connectivity index (χ2v) is 2.10. The monoisotopic (exact) mass is 151 g/mol. The number of hydrogen-bond acceptors (Lipinski definition) is 3. The van der Waals surface area contributed by atoms with Crippen LogP contribution in [-0.4, -0.2) is 11.0 Å². The summed E-state index contributed by atoms with van der Waals surface area (Å²) in [7, 11) is 0. The first kappa shape index (κ1) is 7.56. The van der Waals surface area contributed by atoms with E-state index in [4.69, 9.17) is 16.4 Å². The Labute approximate surface area is 64.1 Å². The van der Waals surface area contributed by atoms with E-state index in [2.05, 4.69) is 0 Å². The van der Waals surface area contributed by atoms with E-state index in [-0.39, 0.29) is 5.84 Å². The van der Waals surface area contributed by atoms with Crippen molar-refractivity contribution in [2.24, 2.45) is 5.73 Å². The van der Waals surface area contributed by atoms with Gasteiger partial charge in [0, 0.05) is 5.56 Å². The largest absolute Gasteiger partial charge is 0.384 e. The van der Waals surface area contributed by atoms with Crippen molar-refractivity contribution in [1.82, 2.24) is 0 Å². The highest BCUT2D eigenvalue weighted by atomic mass is 16.5. The number of nitrogen functional groups attached to an aromatic ring is 1. The van der Waals surface area contributed by atoms with Crippen LogP contribution in [0.25, 0.3) is 0 Å². The van der Waals surface area contributed by atoms with Gasteiger partial charge in [0.2, 0.25) is 0 Å². The Morgan fingerprint density at radius 1 is 1.36 bits per heavy atom. The molecule has 0 saturated carbocycles. The third-order valence-electron chi connectivity index (χ3n) is 1.33. The smallest absolute Gasteiger partial charge is 0.122 e. The predicted octanol–water partition coefficient (Wildman–Crippen LogP) is 0.772. The molecule has 5 N–H and O–H groups in total. The zero-order valence-corrected chi connectivity index (χ0v) is 5.83.